The number of allylic oxidation sites excluding steroid dienone is 1. The Morgan fingerprint density at radius 3 is 1.25 bits per heavy atom. The van der Waals surface area contributed by atoms with Crippen LogP contribution in [0.2, 0.25) is 0 Å². The van der Waals surface area contributed by atoms with Crippen LogP contribution in [0.15, 0.2) is 133 Å². The summed E-state index contributed by atoms with van der Waals surface area (Å²) in [6.07, 6.45) is -0.730. The quantitative estimate of drug-likeness (QED) is 0.179. The maximum absolute atomic E-state index is 12.5. The van der Waals surface area contributed by atoms with Gasteiger partial charge in [0.2, 0.25) is 5.91 Å². The molecular formula is C37H40BNO5. The molecule has 226 valence electrons. The van der Waals surface area contributed by atoms with E-state index in [2.05, 4.69) is 6.58 Å². The molecule has 0 bridgehead atoms. The van der Waals surface area contributed by atoms with Crippen LogP contribution in [0.4, 0.5) is 0 Å². The van der Waals surface area contributed by atoms with E-state index in [1.54, 1.807) is 33.2 Å². The number of hydrogen-bond acceptors (Lipinski definition) is 5. The second kappa shape index (κ2) is 13.7. The second-order valence-electron chi connectivity index (χ2n) is 11.2. The molecule has 1 heterocycles. The third-order valence-corrected chi connectivity index (χ3v) is 8.56. The van der Waals surface area contributed by atoms with Gasteiger partial charge in [-0.1, -0.05) is 121 Å². The van der Waals surface area contributed by atoms with Crippen LogP contribution in [0.5, 0.6) is 0 Å². The molecule has 5 rings (SSSR count). The summed E-state index contributed by atoms with van der Waals surface area (Å²) < 4.78 is 27.3. The normalized spacial score (nSPS) is 17.0. The molecule has 0 spiro atoms. The molecule has 2 atom stereocenters. The highest BCUT2D eigenvalue weighted by Gasteiger charge is 2.62. The first-order valence-corrected chi connectivity index (χ1v) is 14.9. The fourth-order valence-corrected chi connectivity index (χ4v) is 6.30. The lowest BCUT2D eigenvalue weighted by molar-refractivity contribution is -0.136. The highest BCUT2D eigenvalue weighted by Crippen LogP contribution is 2.51. The highest BCUT2D eigenvalue weighted by molar-refractivity contribution is 6.54. The summed E-state index contributed by atoms with van der Waals surface area (Å²) in [5.41, 5.74) is 2.11. The summed E-state index contributed by atoms with van der Waals surface area (Å²) in [7, 11) is 6.09. The van der Waals surface area contributed by atoms with Gasteiger partial charge in [0.25, 0.3) is 0 Å². The molecule has 1 aliphatic heterocycles. The summed E-state index contributed by atoms with van der Waals surface area (Å²) in [4.78, 5) is 14.1. The molecule has 0 saturated carbocycles. The fraction of sp³-hybridized carbons (Fsp3) is 0.270. The van der Waals surface area contributed by atoms with Crippen molar-refractivity contribution < 1.29 is 23.6 Å². The number of amides is 1. The smallest absolute Gasteiger partial charge is 0.398 e. The molecule has 0 unspecified atom stereocenters. The van der Waals surface area contributed by atoms with Gasteiger partial charge in [-0.15, -0.1) is 6.58 Å². The van der Waals surface area contributed by atoms with E-state index in [0.29, 0.717) is 18.3 Å². The second-order valence-corrected chi connectivity index (χ2v) is 11.2. The van der Waals surface area contributed by atoms with Crippen molar-refractivity contribution >= 4 is 13.0 Å². The van der Waals surface area contributed by atoms with E-state index in [1.165, 1.54) is 0 Å². The number of benzene rings is 4. The summed E-state index contributed by atoms with van der Waals surface area (Å²) in [5, 5.41) is 0. The Bertz CT molecular complexity index is 1340. The fourth-order valence-electron chi connectivity index (χ4n) is 6.30. The Kier molecular flexibility index (Phi) is 9.82. The number of hydrogen-bond donors (Lipinski definition) is 0. The number of ether oxygens (including phenoxy) is 2. The molecule has 0 aliphatic carbocycles. The van der Waals surface area contributed by atoms with Crippen LogP contribution < -0.4 is 0 Å². The van der Waals surface area contributed by atoms with E-state index in [1.807, 2.05) is 121 Å². The van der Waals surface area contributed by atoms with E-state index >= 15 is 0 Å². The average Bonchev–Trinajstić information content (AvgIpc) is 3.53. The van der Waals surface area contributed by atoms with E-state index < -0.39 is 30.5 Å². The lowest BCUT2D eigenvalue weighted by Crippen LogP contribution is -2.56. The Morgan fingerprint density at radius 2 is 0.977 bits per heavy atom. The van der Waals surface area contributed by atoms with Gasteiger partial charge in [-0.05, 0) is 34.1 Å². The summed E-state index contributed by atoms with van der Waals surface area (Å²) in [6.45, 7) is 4.34. The van der Waals surface area contributed by atoms with Gasteiger partial charge >= 0.3 is 7.12 Å². The van der Waals surface area contributed by atoms with Crippen molar-refractivity contribution in [2.24, 2.45) is 0 Å². The Labute approximate surface area is 261 Å². The van der Waals surface area contributed by atoms with Crippen LogP contribution in [0.3, 0.4) is 0 Å². The van der Waals surface area contributed by atoms with Gasteiger partial charge in [0.1, 0.15) is 23.4 Å². The first-order valence-electron chi connectivity index (χ1n) is 14.9. The first-order chi connectivity index (χ1) is 21.4. The maximum atomic E-state index is 12.5. The van der Waals surface area contributed by atoms with Crippen molar-refractivity contribution in [3.05, 3.63) is 156 Å². The molecule has 0 radical (unpaired) electrons. The molecule has 7 heteroatoms. The minimum Gasteiger partial charge on any atom is -0.398 e. The molecule has 1 fully saturated rings. The third kappa shape index (κ3) is 5.76. The molecule has 0 N–H and O–H groups in total. The SMILES string of the molecule is C=C(CCC(=O)N(C)C)B1O[C@@H](C(OC)(c2ccccc2)c2ccccc2)[C@H](C(OC)(c2ccccc2)c2ccccc2)O1. The van der Waals surface area contributed by atoms with Crippen LogP contribution in [0.1, 0.15) is 35.1 Å². The molecule has 44 heavy (non-hydrogen) atoms. The third-order valence-electron chi connectivity index (χ3n) is 8.56. The molecule has 6 nitrogen and oxygen atoms in total. The Hall–Kier alpha value is -4.01. The van der Waals surface area contributed by atoms with E-state index in [9.17, 15) is 4.79 Å². The van der Waals surface area contributed by atoms with Crippen LogP contribution >= 0.6 is 0 Å². The molecule has 1 saturated heterocycles. The van der Waals surface area contributed by atoms with Crippen LogP contribution in [-0.2, 0) is 34.8 Å². The molecular weight excluding hydrogens is 549 g/mol. The monoisotopic (exact) mass is 589 g/mol. The topological polar surface area (TPSA) is 57.2 Å². The molecule has 4 aromatic rings. The van der Waals surface area contributed by atoms with Crippen molar-refractivity contribution in [2.45, 2.75) is 36.3 Å². The van der Waals surface area contributed by atoms with Gasteiger partial charge in [-0.25, -0.2) is 0 Å². The van der Waals surface area contributed by atoms with Crippen LogP contribution in [0.25, 0.3) is 0 Å². The van der Waals surface area contributed by atoms with E-state index in [4.69, 9.17) is 18.8 Å². The lowest BCUT2D eigenvalue weighted by Gasteiger charge is -2.46. The lowest BCUT2D eigenvalue weighted by atomic mass is 9.71. The predicted octanol–water partition coefficient (Wildman–Crippen LogP) is 6.40. The van der Waals surface area contributed by atoms with Gasteiger partial charge in [0.15, 0.2) is 0 Å². The van der Waals surface area contributed by atoms with E-state index in [-0.39, 0.29) is 5.91 Å². The summed E-state index contributed by atoms with van der Waals surface area (Å²) in [6, 6.07) is 40.3. The number of nitrogens with zero attached hydrogens (tertiary/aromatic N) is 1. The maximum Gasteiger partial charge on any atom is 0.489 e. The number of methoxy groups -OCH3 is 2. The first kappa shape index (κ1) is 31.4. The Morgan fingerprint density at radius 1 is 0.659 bits per heavy atom. The molecule has 1 amide bonds. The number of carbonyl (C=O) groups is 1. The van der Waals surface area contributed by atoms with E-state index in [0.717, 1.165) is 22.3 Å². The van der Waals surface area contributed by atoms with Crippen molar-refractivity contribution in [2.75, 3.05) is 28.3 Å². The van der Waals surface area contributed by atoms with Gasteiger partial charge in [-0.3, -0.25) is 4.79 Å². The van der Waals surface area contributed by atoms with Gasteiger partial charge in [0, 0.05) is 34.7 Å². The van der Waals surface area contributed by atoms with Crippen LogP contribution in [-0.4, -0.2) is 58.4 Å². The highest BCUT2D eigenvalue weighted by atomic mass is 16.7. The molecule has 4 aromatic carbocycles. The summed E-state index contributed by atoms with van der Waals surface area (Å²) in [5.74, 6) is 0.0110. The van der Waals surface area contributed by atoms with Crippen LogP contribution in [0, 0.1) is 0 Å². The average molecular weight is 590 g/mol. The van der Waals surface area contributed by atoms with Crippen molar-refractivity contribution in [1.29, 1.82) is 0 Å². The predicted molar refractivity (Wildman–Crippen MR) is 174 cm³/mol. The van der Waals surface area contributed by atoms with Gasteiger partial charge < -0.3 is 23.7 Å². The zero-order chi connectivity index (χ0) is 31.2. The Balaban J connectivity index is 1.74. The standard InChI is InChI=1S/C37H40BNO5/c1-28(26-27-33(40)39(2)3)38-43-34(36(41-4,29-18-10-6-11-19-29)30-20-12-7-13-21-30)35(44-38)37(42-5,31-22-14-8-15-23-31)32-24-16-9-17-25-32/h6-25,34-35H,1,26-27H2,2-5H3/t34-,35-/m1/s1. The van der Waals surface area contributed by atoms with Crippen molar-refractivity contribution in [3.63, 3.8) is 0 Å². The minimum absolute atomic E-state index is 0.0110. The largest absolute Gasteiger partial charge is 0.489 e. The zero-order valence-corrected chi connectivity index (χ0v) is 25.9. The summed E-state index contributed by atoms with van der Waals surface area (Å²) >= 11 is 0. The van der Waals surface area contributed by atoms with Crippen molar-refractivity contribution in [3.8, 4) is 0 Å². The number of rotatable bonds is 12. The zero-order valence-electron chi connectivity index (χ0n) is 25.9. The number of carbonyl (C=O) groups excluding carboxylic acids is 1. The van der Waals surface area contributed by atoms with Gasteiger partial charge in [-0.2, -0.15) is 0 Å². The van der Waals surface area contributed by atoms with Gasteiger partial charge in [0.05, 0.1) is 0 Å². The molecule has 0 aromatic heterocycles. The minimum atomic E-state index is -1.10. The van der Waals surface area contributed by atoms with Crippen molar-refractivity contribution in [1.82, 2.24) is 4.90 Å². The molecule has 1 aliphatic rings.